The first-order chi connectivity index (χ1) is 34.5. The number of esters is 3. The van der Waals surface area contributed by atoms with Crippen LogP contribution in [0.3, 0.4) is 0 Å². The second-order valence-corrected chi connectivity index (χ2v) is 17.2. The Morgan fingerprint density at radius 1 is 0.314 bits per heavy atom. The minimum absolute atomic E-state index is 0.128. The molecule has 0 aromatic heterocycles. The Balaban J connectivity index is 4.62. The van der Waals surface area contributed by atoms with Crippen LogP contribution in [0.1, 0.15) is 194 Å². The van der Waals surface area contributed by atoms with E-state index in [9.17, 15) is 14.4 Å². The van der Waals surface area contributed by atoms with E-state index >= 15 is 0 Å². The number of carbonyl (C=O) groups excluding carboxylic acids is 3. The van der Waals surface area contributed by atoms with Crippen molar-refractivity contribution in [3.05, 3.63) is 170 Å². The van der Waals surface area contributed by atoms with E-state index in [1.165, 1.54) is 25.7 Å². The van der Waals surface area contributed by atoms with E-state index < -0.39 is 6.10 Å². The number of ether oxygens (including phenoxy) is 3. The Morgan fingerprint density at radius 3 is 1.10 bits per heavy atom. The van der Waals surface area contributed by atoms with E-state index in [4.69, 9.17) is 14.2 Å². The molecule has 388 valence electrons. The van der Waals surface area contributed by atoms with Crippen LogP contribution in [0.15, 0.2) is 170 Å². The normalized spacial score (nSPS) is 13.5. The second-order valence-electron chi connectivity index (χ2n) is 17.2. The van der Waals surface area contributed by atoms with Gasteiger partial charge in [-0.1, -0.05) is 249 Å². The maximum atomic E-state index is 12.8. The van der Waals surface area contributed by atoms with Crippen LogP contribution in [0, 0.1) is 0 Å². The van der Waals surface area contributed by atoms with Gasteiger partial charge in [0.15, 0.2) is 6.10 Å². The van der Waals surface area contributed by atoms with Crippen LogP contribution < -0.4 is 0 Å². The predicted molar refractivity (Wildman–Crippen MR) is 301 cm³/mol. The summed E-state index contributed by atoms with van der Waals surface area (Å²) < 4.78 is 16.7. The van der Waals surface area contributed by atoms with Gasteiger partial charge >= 0.3 is 17.9 Å². The van der Waals surface area contributed by atoms with Crippen LogP contribution >= 0.6 is 0 Å². The number of hydrogen-bond acceptors (Lipinski definition) is 6. The summed E-state index contributed by atoms with van der Waals surface area (Å²) in [5.41, 5.74) is 0. The largest absolute Gasteiger partial charge is 0.462 e. The zero-order valence-electron chi connectivity index (χ0n) is 44.2. The van der Waals surface area contributed by atoms with Crippen molar-refractivity contribution >= 4 is 17.9 Å². The standard InChI is InChI=1S/C64H96O6/c1-4-7-10-13-16-19-22-25-28-30-32-34-36-39-42-45-48-51-54-57-63(66)69-60-61(59-68-62(65)56-53-50-47-44-41-38-35-27-24-21-18-15-12-9-6-3)70-64(67)58-55-52-49-46-43-40-37-33-31-29-26-23-20-17-14-11-8-5-2/h7,9-12,14-21,23-26,28-29,31-34,37,39,42,48,51,61H,4-6,8,13,22,27,30,35-36,38,40-41,43-47,49-50,52-60H2,1-3H3/b10-7-,12-9-,14-11-,18-15-,19-16-,20-17-,24-21-,26-23-,28-25-,31-29-,34-32-,37-33-,42-39-,51-48-. The van der Waals surface area contributed by atoms with Crippen molar-refractivity contribution in [2.75, 3.05) is 13.2 Å². The Kier molecular flexibility index (Phi) is 52.1. The van der Waals surface area contributed by atoms with E-state index in [-0.39, 0.29) is 44.0 Å². The number of unbranched alkanes of at least 4 members (excludes halogenated alkanes) is 13. The molecule has 0 aliphatic rings. The van der Waals surface area contributed by atoms with Gasteiger partial charge in [0.2, 0.25) is 0 Å². The van der Waals surface area contributed by atoms with Gasteiger partial charge in [-0.25, -0.2) is 0 Å². The number of rotatable bonds is 46. The average Bonchev–Trinajstić information content (AvgIpc) is 3.36. The highest BCUT2D eigenvalue weighted by Gasteiger charge is 2.19. The fourth-order valence-electron chi connectivity index (χ4n) is 6.61. The minimum atomic E-state index is -0.837. The summed E-state index contributed by atoms with van der Waals surface area (Å²) in [4.78, 5) is 38.1. The molecule has 0 bridgehead atoms. The number of carbonyl (C=O) groups is 3. The van der Waals surface area contributed by atoms with Gasteiger partial charge < -0.3 is 14.2 Å². The average molecular weight is 961 g/mol. The third-order valence-electron chi connectivity index (χ3n) is 10.6. The maximum Gasteiger partial charge on any atom is 0.306 e. The van der Waals surface area contributed by atoms with Crippen LogP contribution in [0.5, 0.6) is 0 Å². The van der Waals surface area contributed by atoms with E-state index in [1.807, 2.05) is 48.6 Å². The highest BCUT2D eigenvalue weighted by molar-refractivity contribution is 5.71. The molecule has 6 nitrogen and oxygen atoms in total. The summed E-state index contributed by atoms with van der Waals surface area (Å²) >= 11 is 0. The van der Waals surface area contributed by atoms with Crippen molar-refractivity contribution in [3.63, 3.8) is 0 Å². The molecule has 0 aromatic rings. The van der Waals surface area contributed by atoms with E-state index in [2.05, 4.69) is 142 Å². The molecule has 6 heteroatoms. The molecule has 1 atom stereocenters. The van der Waals surface area contributed by atoms with Crippen molar-refractivity contribution in [2.45, 2.75) is 200 Å². The molecule has 0 aliphatic carbocycles. The smallest absolute Gasteiger partial charge is 0.306 e. The quantitative estimate of drug-likeness (QED) is 0.0199. The second kappa shape index (κ2) is 56.4. The van der Waals surface area contributed by atoms with Crippen LogP contribution in [0.25, 0.3) is 0 Å². The molecule has 70 heavy (non-hydrogen) atoms. The van der Waals surface area contributed by atoms with Crippen LogP contribution in [0.2, 0.25) is 0 Å². The van der Waals surface area contributed by atoms with E-state index in [0.717, 1.165) is 122 Å². The van der Waals surface area contributed by atoms with Gasteiger partial charge in [-0.2, -0.15) is 0 Å². The van der Waals surface area contributed by atoms with Crippen molar-refractivity contribution in [1.82, 2.24) is 0 Å². The monoisotopic (exact) mass is 961 g/mol. The number of allylic oxidation sites excluding steroid dienone is 28. The molecule has 0 radical (unpaired) electrons. The third kappa shape index (κ3) is 53.7. The van der Waals surface area contributed by atoms with Crippen LogP contribution in [-0.2, 0) is 28.6 Å². The van der Waals surface area contributed by atoms with Gasteiger partial charge in [-0.15, -0.1) is 0 Å². The fraction of sp³-hybridized carbons (Fsp3) is 0.516. The molecule has 0 N–H and O–H groups in total. The minimum Gasteiger partial charge on any atom is -0.462 e. The molecule has 0 amide bonds. The molecule has 0 aromatic carbocycles. The highest BCUT2D eigenvalue weighted by Crippen LogP contribution is 2.13. The van der Waals surface area contributed by atoms with Gasteiger partial charge in [-0.05, 0) is 96.3 Å². The molecule has 0 rings (SSSR count). The summed E-state index contributed by atoms with van der Waals surface area (Å²) in [6.07, 6.45) is 83.4. The number of hydrogen-bond donors (Lipinski definition) is 0. The Hall–Kier alpha value is -5.23. The van der Waals surface area contributed by atoms with Crippen molar-refractivity contribution in [1.29, 1.82) is 0 Å². The van der Waals surface area contributed by atoms with Gasteiger partial charge in [0.05, 0.1) is 0 Å². The lowest BCUT2D eigenvalue weighted by Gasteiger charge is -2.18. The fourth-order valence-corrected chi connectivity index (χ4v) is 6.61. The molecule has 0 fully saturated rings. The molecule has 1 unspecified atom stereocenters. The van der Waals surface area contributed by atoms with Gasteiger partial charge in [0.1, 0.15) is 13.2 Å². The molecular weight excluding hydrogens is 865 g/mol. The Labute approximate surface area is 428 Å². The lowest BCUT2D eigenvalue weighted by Crippen LogP contribution is -2.30. The highest BCUT2D eigenvalue weighted by atomic mass is 16.6. The summed E-state index contributed by atoms with van der Waals surface area (Å²) in [5, 5.41) is 0. The SMILES string of the molecule is CC\C=C/C=C\C=C/CCCCCCCCCC(=O)OCC(COC(=O)CC/C=C\C/C=C\C/C=C\C/C=C\C/C=C\C/C=C\CC)OC(=O)CCCCCCC\C=C/C=C\C=C/C=C\C=C/CCC. The molecule has 0 saturated carbocycles. The molecular formula is C64H96O6. The summed E-state index contributed by atoms with van der Waals surface area (Å²) in [6.45, 7) is 6.18. The summed E-state index contributed by atoms with van der Waals surface area (Å²) in [7, 11) is 0. The Bertz CT molecular complexity index is 1670. The first-order valence-electron chi connectivity index (χ1n) is 27.2. The zero-order valence-corrected chi connectivity index (χ0v) is 44.2. The lowest BCUT2D eigenvalue weighted by atomic mass is 10.1. The Morgan fingerprint density at radius 2 is 0.657 bits per heavy atom. The van der Waals surface area contributed by atoms with E-state index in [0.29, 0.717) is 12.8 Å². The van der Waals surface area contributed by atoms with Gasteiger partial charge in [0.25, 0.3) is 0 Å². The predicted octanol–water partition coefficient (Wildman–Crippen LogP) is 18.4. The topological polar surface area (TPSA) is 78.9 Å². The van der Waals surface area contributed by atoms with Gasteiger partial charge in [0, 0.05) is 19.3 Å². The molecule has 0 spiro atoms. The molecule has 0 saturated heterocycles. The third-order valence-corrected chi connectivity index (χ3v) is 10.6. The van der Waals surface area contributed by atoms with E-state index in [1.54, 1.807) is 0 Å². The summed E-state index contributed by atoms with van der Waals surface area (Å²) in [5.74, 6) is -1.06. The first kappa shape index (κ1) is 64.8. The molecule has 0 heterocycles. The maximum absolute atomic E-state index is 12.8. The van der Waals surface area contributed by atoms with Crippen molar-refractivity contribution in [2.24, 2.45) is 0 Å². The van der Waals surface area contributed by atoms with Gasteiger partial charge in [-0.3, -0.25) is 14.4 Å². The van der Waals surface area contributed by atoms with Crippen LogP contribution in [-0.4, -0.2) is 37.2 Å². The van der Waals surface area contributed by atoms with Crippen LogP contribution in [0.4, 0.5) is 0 Å². The first-order valence-corrected chi connectivity index (χ1v) is 27.2. The lowest BCUT2D eigenvalue weighted by molar-refractivity contribution is -0.166. The van der Waals surface area contributed by atoms with Crippen molar-refractivity contribution in [3.8, 4) is 0 Å². The van der Waals surface area contributed by atoms with Crippen molar-refractivity contribution < 1.29 is 28.6 Å². The molecule has 0 aliphatic heterocycles. The zero-order chi connectivity index (χ0) is 50.7. The summed E-state index contributed by atoms with van der Waals surface area (Å²) in [6, 6.07) is 0.